The van der Waals surface area contributed by atoms with E-state index in [1.165, 1.54) is 12.1 Å². The lowest BCUT2D eigenvalue weighted by molar-refractivity contribution is 0.572. The smallest absolute Gasteiger partial charge is 0.240 e. The van der Waals surface area contributed by atoms with Gasteiger partial charge in [-0.05, 0) is 43.7 Å². The average molecular weight is 274 g/mol. The van der Waals surface area contributed by atoms with Crippen molar-refractivity contribution in [3.8, 4) is 0 Å². The van der Waals surface area contributed by atoms with Crippen LogP contribution >= 0.6 is 0 Å². The Balaban J connectivity index is 2.63. The Morgan fingerprint density at radius 3 is 2.50 bits per heavy atom. The minimum absolute atomic E-state index is 0.0320. The Bertz CT molecular complexity index is 469. The second-order valence-electron chi connectivity index (χ2n) is 4.11. The molecule has 1 aromatic carbocycles. The molecule has 0 heterocycles. The van der Waals surface area contributed by atoms with Crippen LogP contribution in [0.25, 0.3) is 0 Å². The van der Waals surface area contributed by atoms with Crippen LogP contribution in [0.2, 0.25) is 0 Å². The Morgan fingerprint density at radius 2 is 1.89 bits per heavy atom. The third-order valence-electron chi connectivity index (χ3n) is 2.35. The quantitative estimate of drug-likeness (QED) is 0.739. The summed E-state index contributed by atoms with van der Waals surface area (Å²) < 4.78 is 39.3. The summed E-state index contributed by atoms with van der Waals surface area (Å²) in [6.07, 6.45) is 0.996. The van der Waals surface area contributed by atoms with E-state index in [1.54, 1.807) is 6.92 Å². The molecule has 2 N–H and O–H groups in total. The van der Waals surface area contributed by atoms with Crippen molar-refractivity contribution >= 4 is 10.0 Å². The van der Waals surface area contributed by atoms with Gasteiger partial charge in [-0.2, -0.15) is 0 Å². The van der Waals surface area contributed by atoms with E-state index >= 15 is 0 Å². The number of hydrogen-bond donors (Lipinski definition) is 2. The van der Waals surface area contributed by atoms with E-state index in [2.05, 4.69) is 10.0 Å². The van der Waals surface area contributed by atoms with Crippen molar-refractivity contribution in [2.75, 3.05) is 19.6 Å². The second-order valence-corrected chi connectivity index (χ2v) is 5.88. The SMILES string of the molecule is CCCNCCNS(=O)(=O)c1cc(C)cc(F)c1. The Morgan fingerprint density at radius 1 is 1.17 bits per heavy atom. The fourth-order valence-electron chi connectivity index (χ4n) is 1.52. The minimum atomic E-state index is -3.62. The molecule has 0 saturated carbocycles. The van der Waals surface area contributed by atoms with Gasteiger partial charge in [-0.25, -0.2) is 17.5 Å². The molecule has 0 amide bonds. The molecular formula is C12H19FN2O2S. The highest BCUT2D eigenvalue weighted by atomic mass is 32.2. The van der Waals surface area contributed by atoms with Gasteiger partial charge < -0.3 is 5.32 Å². The van der Waals surface area contributed by atoms with Crippen LogP contribution in [0.15, 0.2) is 23.1 Å². The molecule has 1 rings (SSSR count). The van der Waals surface area contributed by atoms with Crippen molar-refractivity contribution in [2.45, 2.75) is 25.2 Å². The molecule has 1 aromatic rings. The highest BCUT2D eigenvalue weighted by molar-refractivity contribution is 7.89. The fraction of sp³-hybridized carbons (Fsp3) is 0.500. The maximum absolute atomic E-state index is 13.1. The van der Waals surface area contributed by atoms with Crippen LogP contribution in [-0.4, -0.2) is 28.1 Å². The molecule has 0 aromatic heterocycles. The Labute approximate surface area is 108 Å². The lowest BCUT2D eigenvalue weighted by Gasteiger charge is -2.08. The molecular weight excluding hydrogens is 255 g/mol. The third-order valence-corrected chi connectivity index (χ3v) is 3.79. The number of aryl methyl sites for hydroxylation is 1. The average Bonchev–Trinajstić information content (AvgIpc) is 2.27. The zero-order chi connectivity index (χ0) is 13.6. The third kappa shape index (κ3) is 4.72. The van der Waals surface area contributed by atoms with Crippen LogP contribution in [0.5, 0.6) is 0 Å². The van der Waals surface area contributed by atoms with Gasteiger partial charge in [0, 0.05) is 13.1 Å². The molecule has 102 valence electrons. The van der Waals surface area contributed by atoms with Crippen molar-refractivity contribution in [1.82, 2.24) is 10.0 Å². The Kier molecular flexibility index (Phi) is 5.71. The molecule has 0 unspecified atom stereocenters. The maximum atomic E-state index is 13.1. The lowest BCUT2D eigenvalue weighted by atomic mass is 10.2. The summed E-state index contributed by atoms with van der Waals surface area (Å²) in [5.74, 6) is -0.542. The first-order chi connectivity index (χ1) is 8.45. The number of nitrogens with one attached hydrogen (secondary N) is 2. The normalized spacial score (nSPS) is 11.7. The monoisotopic (exact) mass is 274 g/mol. The first kappa shape index (κ1) is 15.1. The summed E-state index contributed by atoms with van der Waals surface area (Å²) >= 11 is 0. The van der Waals surface area contributed by atoms with Crippen LogP contribution < -0.4 is 10.0 Å². The zero-order valence-corrected chi connectivity index (χ0v) is 11.5. The number of halogens is 1. The van der Waals surface area contributed by atoms with E-state index in [-0.39, 0.29) is 11.4 Å². The van der Waals surface area contributed by atoms with E-state index in [1.807, 2.05) is 6.92 Å². The molecule has 0 radical (unpaired) electrons. The van der Waals surface area contributed by atoms with Gasteiger partial charge in [0.25, 0.3) is 0 Å². The first-order valence-corrected chi connectivity index (χ1v) is 7.41. The molecule has 0 bridgehead atoms. The maximum Gasteiger partial charge on any atom is 0.240 e. The molecule has 0 saturated heterocycles. The predicted octanol–water partition coefficient (Wildman–Crippen LogP) is 1.41. The summed E-state index contributed by atoms with van der Waals surface area (Å²) in [6.45, 7) is 5.39. The van der Waals surface area contributed by atoms with Gasteiger partial charge in [-0.3, -0.25) is 0 Å². The van der Waals surface area contributed by atoms with Gasteiger partial charge >= 0.3 is 0 Å². The van der Waals surface area contributed by atoms with E-state index in [0.29, 0.717) is 12.1 Å². The summed E-state index contributed by atoms with van der Waals surface area (Å²) in [5.41, 5.74) is 0.583. The lowest BCUT2D eigenvalue weighted by Crippen LogP contribution is -2.32. The highest BCUT2D eigenvalue weighted by Crippen LogP contribution is 2.13. The molecule has 0 atom stereocenters. The molecule has 6 heteroatoms. The second kappa shape index (κ2) is 6.82. The Hall–Kier alpha value is -0.980. The van der Waals surface area contributed by atoms with Gasteiger partial charge in [0.05, 0.1) is 4.90 Å². The van der Waals surface area contributed by atoms with Crippen molar-refractivity contribution in [3.05, 3.63) is 29.6 Å². The molecule has 18 heavy (non-hydrogen) atoms. The predicted molar refractivity (Wildman–Crippen MR) is 69.5 cm³/mol. The van der Waals surface area contributed by atoms with E-state index < -0.39 is 15.8 Å². The molecule has 0 fully saturated rings. The fourth-order valence-corrected chi connectivity index (χ4v) is 2.66. The summed E-state index contributed by atoms with van der Waals surface area (Å²) in [5, 5.41) is 3.08. The summed E-state index contributed by atoms with van der Waals surface area (Å²) in [7, 11) is -3.62. The van der Waals surface area contributed by atoms with Crippen molar-refractivity contribution in [1.29, 1.82) is 0 Å². The number of rotatable bonds is 7. The molecule has 0 aliphatic carbocycles. The van der Waals surface area contributed by atoms with Gasteiger partial charge in [0.15, 0.2) is 0 Å². The van der Waals surface area contributed by atoms with Crippen molar-refractivity contribution in [2.24, 2.45) is 0 Å². The van der Waals surface area contributed by atoms with Crippen LogP contribution in [0.3, 0.4) is 0 Å². The molecule has 4 nitrogen and oxygen atoms in total. The van der Waals surface area contributed by atoms with Gasteiger partial charge in [0.2, 0.25) is 10.0 Å². The summed E-state index contributed by atoms with van der Waals surface area (Å²) in [6, 6.07) is 3.77. The topological polar surface area (TPSA) is 58.2 Å². The molecule has 0 spiro atoms. The van der Waals surface area contributed by atoms with E-state index in [4.69, 9.17) is 0 Å². The van der Waals surface area contributed by atoms with Crippen molar-refractivity contribution < 1.29 is 12.8 Å². The highest BCUT2D eigenvalue weighted by Gasteiger charge is 2.14. The van der Waals surface area contributed by atoms with Crippen LogP contribution in [0.1, 0.15) is 18.9 Å². The minimum Gasteiger partial charge on any atom is -0.315 e. The van der Waals surface area contributed by atoms with E-state index in [9.17, 15) is 12.8 Å². The van der Waals surface area contributed by atoms with Crippen LogP contribution in [0, 0.1) is 12.7 Å². The van der Waals surface area contributed by atoms with Gasteiger partial charge in [0.1, 0.15) is 5.82 Å². The van der Waals surface area contributed by atoms with E-state index in [0.717, 1.165) is 19.0 Å². The van der Waals surface area contributed by atoms with Gasteiger partial charge in [-0.15, -0.1) is 0 Å². The summed E-state index contributed by atoms with van der Waals surface area (Å²) in [4.78, 5) is -0.0320. The van der Waals surface area contributed by atoms with Crippen LogP contribution in [0.4, 0.5) is 4.39 Å². The van der Waals surface area contributed by atoms with Gasteiger partial charge in [-0.1, -0.05) is 6.92 Å². The number of sulfonamides is 1. The zero-order valence-electron chi connectivity index (χ0n) is 10.7. The standard InChI is InChI=1S/C12H19FN2O2S/c1-3-4-14-5-6-15-18(16,17)12-8-10(2)7-11(13)9-12/h7-9,14-15H,3-6H2,1-2H3. The molecule has 0 aliphatic heterocycles. The largest absolute Gasteiger partial charge is 0.315 e. The molecule has 0 aliphatic rings. The van der Waals surface area contributed by atoms with Crippen LogP contribution in [-0.2, 0) is 10.0 Å². The number of hydrogen-bond acceptors (Lipinski definition) is 3. The number of benzene rings is 1. The first-order valence-electron chi connectivity index (χ1n) is 5.93. The van der Waals surface area contributed by atoms with Crippen molar-refractivity contribution in [3.63, 3.8) is 0 Å².